The number of carbonyl (C=O) groups is 1. The largest absolute Gasteiger partial charge is 0.322 e. The lowest BCUT2D eigenvalue weighted by atomic mass is 10.2. The number of hydrogen-bond donors (Lipinski definition) is 1. The van der Waals surface area contributed by atoms with E-state index in [1.165, 1.54) is 4.88 Å². The Kier molecular flexibility index (Phi) is 4.37. The predicted octanol–water partition coefficient (Wildman–Crippen LogP) is 4.74. The Morgan fingerprint density at radius 1 is 1.35 bits per heavy atom. The summed E-state index contributed by atoms with van der Waals surface area (Å²) in [6.07, 6.45) is 5.40. The quantitative estimate of drug-likeness (QED) is 0.657. The molecule has 0 saturated heterocycles. The van der Waals surface area contributed by atoms with Gasteiger partial charge in [-0.25, -0.2) is 4.98 Å². The van der Waals surface area contributed by atoms with Crippen LogP contribution in [0, 0.1) is 20.8 Å². The lowest BCUT2D eigenvalue weighted by Gasteiger charge is -2.06. The van der Waals surface area contributed by atoms with Crippen LogP contribution in [0.3, 0.4) is 0 Å². The third-order valence-electron chi connectivity index (χ3n) is 3.50. The Morgan fingerprint density at radius 3 is 2.87 bits per heavy atom. The van der Waals surface area contributed by atoms with Crippen LogP contribution in [0.2, 0.25) is 0 Å². The summed E-state index contributed by atoms with van der Waals surface area (Å²) in [5, 5.41) is 2.90. The first-order chi connectivity index (χ1) is 10.9. The molecule has 3 rings (SSSR count). The maximum atomic E-state index is 12.2. The maximum absolute atomic E-state index is 12.2. The van der Waals surface area contributed by atoms with Crippen molar-refractivity contribution >= 4 is 49.9 Å². The molecular weight excluding hydrogens is 374 g/mol. The number of rotatable bonds is 3. The third kappa shape index (κ3) is 3.38. The predicted molar refractivity (Wildman–Crippen MR) is 99.1 cm³/mol. The molecule has 1 amide bonds. The molecular formula is C17H16BrN3OS. The van der Waals surface area contributed by atoms with Gasteiger partial charge in [0.05, 0.1) is 11.4 Å². The minimum absolute atomic E-state index is 0.156. The fourth-order valence-corrected chi connectivity index (χ4v) is 3.73. The molecule has 0 saturated carbocycles. The second kappa shape index (κ2) is 6.29. The van der Waals surface area contributed by atoms with Crippen LogP contribution in [-0.4, -0.2) is 15.3 Å². The average Bonchev–Trinajstić information content (AvgIpc) is 2.95. The minimum atomic E-state index is -0.156. The summed E-state index contributed by atoms with van der Waals surface area (Å²) >= 11 is 5.06. The molecule has 1 N–H and O–H groups in total. The van der Waals surface area contributed by atoms with Gasteiger partial charge in [0.2, 0.25) is 5.91 Å². The Morgan fingerprint density at radius 2 is 2.13 bits per heavy atom. The Bertz CT molecular complexity index is 923. The molecule has 3 aromatic rings. The van der Waals surface area contributed by atoms with Crippen molar-refractivity contribution in [1.29, 1.82) is 0 Å². The Labute approximate surface area is 147 Å². The van der Waals surface area contributed by atoms with Crippen LogP contribution in [0.4, 0.5) is 5.69 Å². The number of nitrogens with zero attached hydrogens (tertiary/aromatic N) is 2. The first-order valence-electron chi connectivity index (χ1n) is 7.14. The molecule has 0 radical (unpaired) electrons. The molecule has 4 nitrogen and oxygen atoms in total. The lowest BCUT2D eigenvalue weighted by molar-refractivity contribution is -0.111. The number of thiazole rings is 1. The van der Waals surface area contributed by atoms with E-state index in [9.17, 15) is 4.79 Å². The van der Waals surface area contributed by atoms with Gasteiger partial charge in [-0.1, -0.05) is 15.9 Å². The molecule has 0 aliphatic rings. The van der Waals surface area contributed by atoms with E-state index in [2.05, 4.69) is 26.2 Å². The first kappa shape index (κ1) is 16.0. The average molecular weight is 390 g/mol. The Balaban J connectivity index is 1.81. The number of amides is 1. The molecule has 0 aliphatic heterocycles. The summed E-state index contributed by atoms with van der Waals surface area (Å²) < 4.78 is 3.01. The number of benzene rings is 1. The molecule has 0 aliphatic carbocycles. The van der Waals surface area contributed by atoms with Gasteiger partial charge < -0.3 is 5.32 Å². The van der Waals surface area contributed by atoms with E-state index in [-0.39, 0.29) is 5.91 Å². The summed E-state index contributed by atoms with van der Waals surface area (Å²) in [6, 6.07) is 5.76. The van der Waals surface area contributed by atoms with E-state index >= 15 is 0 Å². The van der Waals surface area contributed by atoms with E-state index in [1.807, 2.05) is 55.6 Å². The molecule has 2 heterocycles. The zero-order valence-electron chi connectivity index (χ0n) is 13.1. The monoisotopic (exact) mass is 389 g/mol. The van der Waals surface area contributed by atoms with Crippen molar-refractivity contribution in [2.45, 2.75) is 20.8 Å². The second-order valence-corrected chi connectivity index (χ2v) is 7.49. The molecule has 23 heavy (non-hydrogen) atoms. The van der Waals surface area contributed by atoms with Crippen molar-refractivity contribution < 1.29 is 4.79 Å². The van der Waals surface area contributed by atoms with Crippen LogP contribution in [0.15, 0.2) is 34.9 Å². The lowest BCUT2D eigenvalue weighted by Crippen LogP contribution is -2.09. The number of carbonyl (C=O) groups excluding carboxylic acids is 1. The molecule has 0 atom stereocenters. The van der Waals surface area contributed by atoms with Crippen LogP contribution in [-0.2, 0) is 4.79 Å². The highest BCUT2D eigenvalue weighted by atomic mass is 79.9. The van der Waals surface area contributed by atoms with E-state index in [0.29, 0.717) is 0 Å². The minimum Gasteiger partial charge on any atom is -0.322 e. The smallest absolute Gasteiger partial charge is 0.248 e. The first-order valence-corrected chi connectivity index (χ1v) is 8.75. The van der Waals surface area contributed by atoms with Gasteiger partial charge in [-0.05, 0) is 50.6 Å². The third-order valence-corrected chi connectivity index (χ3v) is 4.89. The molecule has 0 spiro atoms. The molecule has 0 fully saturated rings. The summed E-state index contributed by atoms with van der Waals surface area (Å²) in [4.78, 5) is 18.8. The topological polar surface area (TPSA) is 46.4 Å². The second-order valence-electron chi connectivity index (χ2n) is 5.36. The van der Waals surface area contributed by atoms with E-state index in [0.717, 1.165) is 32.1 Å². The highest BCUT2D eigenvalue weighted by molar-refractivity contribution is 9.10. The molecule has 1 aromatic carbocycles. The van der Waals surface area contributed by atoms with Crippen LogP contribution >= 0.6 is 27.3 Å². The van der Waals surface area contributed by atoms with Gasteiger partial charge in [0.25, 0.3) is 0 Å². The summed E-state index contributed by atoms with van der Waals surface area (Å²) in [5.41, 5.74) is 3.68. The summed E-state index contributed by atoms with van der Waals surface area (Å²) in [6.45, 7) is 5.96. The van der Waals surface area contributed by atoms with E-state index in [4.69, 9.17) is 0 Å². The van der Waals surface area contributed by atoms with Gasteiger partial charge in [0.1, 0.15) is 0 Å². The van der Waals surface area contributed by atoms with Crippen LogP contribution in [0.5, 0.6) is 0 Å². The number of fused-ring (bicyclic) bond motifs is 1. The number of aromatic nitrogens is 2. The van der Waals surface area contributed by atoms with Crippen molar-refractivity contribution in [3.05, 3.63) is 56.8 Å². The summed E-state index contributed by atoms with van der Waals surface area (Å²) in [5.74, 6) is -0.156. The fraction of sp³-hybridized carbons (Fsp3) is 0.176. The normalized spacial score (nSPS) is 11.5. The number of halogens is 1. The van der Waals surface area contributed by atoms with Crippen molar-refractivity contribution in [3.63, 3.8) is 0 Å². The number of aryl methyl sites for hydroxylation is 3. The Hall–Kier alpha value is -1.92. The SMILES string of the molecule is Cc1cn2c(/C=C/C(=O)Nc3ccc(Br)cc3C)c(C)nc2s1. The number of imidazole rings is 1. The van der Waals surface area contributed by atoms with Gasteiger partial charge in [-0.3, -0.25) is 9.20 Å². The molecule has 2 aromatic heterocycles. The number of hydrogen-bond acceptors (Lipinski definition) is 3. The molecule has 0 bridgehead atoms. The van der Waals surface area contributed by atoms with E-state index < -0.39 is 0 Å². The highest BCUT2D eigenvalue weighted by Gasteiger charge is 2.09. The molecule has 0 unspecified atom stereocenters. The van der Waals surface area contributed by atoms with Crippen LogP contribution in [0.1, 0.15) is 21.8 Å². The number of anilines is 1. The molecule has 118 valence electrons. The van der Waals surface area contributed by atoms with Gasteiger partial charge in [-0.15, -0.1) is 11.3 Å². The number of nitrogens with one attached hydrogen (secondary N) is 1. The van der Waals surface area contributed by atoms with Crippen LogP contribution < -0.4 is 5.32 Å². The van der Waals surface area contributed by atoms with Gasteiger partial charge in [-0.2, -0.15) is 0 Å². The standard InChI is InChI=1S/C17H16BrN3OS/c1-10-8-13(18)4-5-14(10)20-16(22)7-6-15-12(3)19-17-21(15)9-11(2)23-17/h4-9H,1-3H3,(H,20,22)/b7-6+. The van der Waals surface area contributed by atoms with E-state index in [1.54, 1.807) is 17.4 Å². The summed E-state index contributed by atoms with van der Waals surface area (Å²) in [7, 11) is 0. The fourth-order valence-electron chi connectivity index (χ4n) is 2.38. The highest BCUT2D eigenvalue weighted by Crippen LogP contribution is 2.22. The van der Waals surface area contributed by atoms with Crippen molar-refractivity contribution in [1.82, 2.24) is 9.38 Å². The zero-order chi connectivity index (χ0) is 16.6. The molecule has 6 heteroatoms. The maximum Gasteiger partial charge on any atom is 0.248 e. The van der Waals surface area contributed by atoms with Crippen molar-refractivity contribution in [3.8, 4) is 0 Å². The van der Waals surface area contributed by atoms with Crippen LogP contribution in [0.25, 0.3) is 11.0 Å². The van der Waals surface area contributed by atoms with Gasteiger partial charge in [0.15, 0.2) is 4.96 Å². The van der Waals surface area contributed by atoms with Gasteiger partial charge in [0, 0.05) is 27.3 Å². The van der Waals surface area contributed by atoms with Crippen molar-refractivity contribution in [2.24, 2.45) is 0 Å². The zero-order valence-corrected chi connectivity index (χ0v) is 15.5. The van der Waals surface area contributed by atoms with Crippen molar-refractivity contribution in [2.75, 3.05) is 5.32 Å². The van der Waals surface area contributed by atoms with Gasteiger partial charge >= 0.3 is 0 Å².